The number of carbonyl (C=O) groups is 1. The Bertz CT molecular complexity index is 397. The highest BCUT2D eigenvalue weighted by Crippen LogP contribution is 2.21. The van der Waals surface area contributed by atoms with E-state index >= 15 is 0 Å². The third-order valence-corrected chi connectivity index (χ3v) is 4.58. The Morgan fingerprint density at radius 3 is 2.84 bits per heavy atom. The van der Waals surface area contributed by atoms with Crippen LogP contribution in [0, 0.1) is 0 Å². The first-order chi connectivity index (χ1) is 8.88. The molecule has 0 spiro atoms. The van der Waals surface area contributed by atoms with E-state index in [4.69, 9.17) is 10.5 Å². The number of carbonyl (C=O) groups excluding carboxylic acids is 1. The summed E-state index contributed by atoms with van der Waals surface area (Å²) < 4.78 is 32.8. The van der Waals surface area contributed by atoms with E-state index in [9.17, 15) is 13.2 Å². The number of esters is 1. The summed E-state index contributed by atoms with van der Waals surface area (Å²) in [5.41, 5.74) is 5.57. The number of nitrogens with two attached hydrogens (primary N) is 1. The Labute approximate surface area is 114 Å². The Morgan fingerprint density at radius 1 is 1.58 bits per heavy atom. The van der Waals surface area contributed by atoms with Crippen LogP contribution in [0.3, 0.4) is 0 Å². The van der Waals surface area contributed by atoms with E-state index in [0.29, 0.717) is 25.8 Å². The molecule has 0 aliphatic carbocycles. The van der Waals surface area contributed by atoms with Crippen molar-refractivity contribution < 1.29 is 17.9 Å². The van der Waals surface area contributed by atoms with Crippen molar-refractivity contribution in [2.45, 2.75) is 45.2 Å². The maximum Gasteiger partial charge on any atom is 0.324 e. The summed E-state index contributed by atoms with van der Waals surface area (Å²) in [5.74, 6) is -0.474. The molecule has 8 heteroatoms. The fourth-order valence-corrected chi connectivity index (χ4v) is 3.44. The van der Waals surface area contributed by atoms with Crippen molar-refractivity contribution in [2.24, 2.45) is 5.73 Å². The van der Waals surface area contributed by atoms with Crippen LogP contribution in [0.1, 0.15) is 33.1 Å². The van der Waals surface area contributed by atoms with Crippen molar-refractivity contribution in [1.82, 2.24) is 9.03 Å². The predicted octanol–water partition coefficient (Wildman–Crippen LogP) is -0.414. The van der Waals surface area contributed by atoms with Gasteiger partial charge in [0.25, 0.3) is 10.2 Å². The molecule has 19 heavy (non-hydrogen) atoms. The fourth-order valence-electron chi connectivity index (χ4n) is 2.00. The van der Waals surface area contributed by atoms with E-state index in [1.54, 1.807) is 6.92 Å². The molecule has 2 atom stereocenters. The zero-order chi connectivity index (χ0) is 14.5. The highest BCUT2D eigenvalue weighted by atomic mass is 32.2. The van der Waals surface area contributed by atoms with Gasteiger partial charge in [0.05, 0.1) is 6.61 Å². The van der Waals surface area contributed by atoms with Crippen LogP contribution in [-0.4, -0.2) is 50.5 Å². The largest absolute Gasteiger partial charge is 0.465 e. The summed E-state index contributed by atoms with van der Waals surface area (Å²) in [4.78, 5) is 11.7. The van der Waals surface area contributed by atoms with Crippen molar-refractivity contribution in [3.05, 3.63) is 0 Å². The number of hydrogen-bond donors (Lipinski definition) is 2. The molecule has 1 fully saturated rings. The van der Waals surface area contributed by atoms with Gasteiger partial charge in [-0.05, 0) is 33.1 Å². The summed E-state index contributed by atoms with van der Waals surface area (Å²) in [5, 5.41) is 0. The second-order valence-corrected chi connectivity index (χ2v) is 6.39. The van der Waals surface area contributed by atoms with Crippen LogP contribution in [0.15, 0.2) is 0 Å². The summed E-state index contributed by atoms with van der Waals surface area (Å²) in [6.07, 6.45) is 1.72. The van der Waals surface area contributed by atoms with E-state index in [1.807, 2.05) is 6.92 Å². The Morgan fingerprint density at radius 2 is 2.26 bits per heavy atom. The van der Waals surface area contributed by atoms with Crippen LogP contribution in [0.4, 0.5) is 0 Å². The van der Waals surface area contributed by atoms with Crippen LogP contribution < -0.4 is 10.5 Å². The third-order valence-electron chi connectivity index (χ3n) is 2.96. The molecule has 3 N–H and O–H groups in total. The van der Waals surface area contributed by atoms with Gasteiger partial charge in [-0.25, -0.2) is 4.72 Å². The van der Waals surface area contributed by atoms with E-state index in [0.717, 1.165) is 0 Å². The summed E-state index contributed by atoms with van der Waals surface area (Å²) in [6, 6.07) is -0.769. The average Bonchev–Trinajstić information content (AvgIpc) is 2.78. The second kappa shape index (κ2) is 7.18. The topological polar surface area (TPSA) is 102 Å². The minimum Gasteiger partial charge on any atom is -0.465 e. The molecule has 112 valence electrons. The molecule has 0 aromatic carbocycles. The highest BCUT2D eigenvalue weighted by molar-refractivity contribution is 7.87. The Balaban J connectivity index is 2.63. The van der Waals surface area contributed by atoms with Gasteiger partial charge in [-0.1, -0.05) is 0 Å². The molecule has 1 heterocycles. The van der Waals surface area contributed by atoms with Crippen LogP contribution in [0.2, 0.25) is 0 Å². The molecule has 0 amide bonds. The lowest BCUT2D eigenvalue weighted by Gasteiger charge is -2.22. The molecule has 1 rings (SSSR count). The molecule has 0 aromatic rings. The van der Waals surface area contributed by atoms with Gasteiger partial charge in [0.15, 0.2) is 0 Å². The second-order valence-electron chi connectivity index (χ2n) is 4.69. The monoisotopic (exact) mass is 293 g/mol. The van der Waals surface area contributed by atoms with Crippen LogP contribution in [-0.2, 0) is 19.7 Å². The summed E-state index contributed by atoms with van der Waals surface area (Å²) >= 11 is 0. The lowest BCUT2D eigenvalue weighted by atomic mass is 10.2. The van der Waals surface area contributed by atoms with Gasteiger partial charge in [0.2, 0.25) is 0 Å². The van der Waals surface area contributed by atoms with Crippen LogP contribution in [0.25, 0.3) is 0 Å². The normalized spacial score (nSPS) is 22.4. The van der Waals surface area contributed by atoms with Crippen molar-refractivity contribution >= 4 is 16.2 Å². The minimum atomic E-state index is -3.64. The van der Waals surface area contributed by atoms with Gasteiger partial charge in [-0.15, -0.1) is 0 Å². The van der Waals surface area contributed by atoms with Gasteiger partial charge in [-0.2, -0.15) is 12.7 Å². The standard InChI is InChI=1S/C11H23N3O4S/c1-3-18-11(15)10-5-4-8-14(10)19(16,17)13-7-6-9(2)12/h9-10,13H,3-8,12H2,1-2H3. The average molecular weight is 293 g/mol. The van der Waals surface area contributed by atoms with Gasteiger partial charge in [0.1, 0.15) is 6.04 Å². The molecule has 0 saturated carbocycles. The first-order valence-electron chi connectivity index (χ1n) is 6.57. The smallest absolute Gasteiger partial charge is 0.324 e. The number of rotatable bonds is 7. The molecular formula is C11H23N3O4S. The summed E-state index contributed by atoms with van der Waals surface area (Å²) in [6.45, 7) is 4.38. The molecule has 1 saturated heterocycles. The number of nitrogens with zero attached hydrogens (tertiary/aromatic N) is 1. The first-order valence-corrected chi connectivity index (χ1v) is 8.01. The van der Waals surface area contributed by atoms with E-state index < -0.39 is 22.2 Å². The van der Waals surface area contributed by atoms with Crippen molar-refractivity contribution in [3.8, 4) is 0 Å². The maximum atomic E-state index is 12.1. The molecule has 0 bridgehead atoms. The summed E-state index contributed by atoms with van der Waals surface area (Å²) in [7, 11) is -3.64. The first kappa shape index (κ1) is 16.4. The van der Waals surface area contributed by atoms with Gasteiger partial charge >= 0.3 is 5.97 Å². The molecule has 7 nitrogen and oxygen atoms in total. The lowest BCUT2D eigenvalue weighted by Crippen LogP contribution is -2.47. The van der Waals surface area contributed by atoms with Gasteiger partial charge < -0.3 is 10.5 Å². The highest BCUT2D eigenvalue weighted by Gasteiger charge is 2.39. The lowest BCUT2D eigenvalue weighted by molar-refractivity contribution is -0.146. The molecular weight excluding hydrogens is 270 g/mol. The number of nitrogens with one attached hydrogen (secondary N) is 1. The number of ether oxygens (including phenoxy) is 1. The quantitative estimate of drug-likeness (QED) is 0.621. The SMILES string of the molecule is CCOC(=O)C1CCCN1S(=O)(=O)NCCC(C)N. The van der Waals surface area contributed by atoms with Crippen molar-refractivity contribution in [2.75, 3.05) is 19.7 Å². The van der Waals surface area contributed by atoms with Gasteiger partial charge in [-0.3, -0.25) is 4.79 Å². The van der Waals surface area contributed by atoms with Crippen LogP contribution >= 0.6 is 0 Å². The minimum absolute atomic E-state index is 0.0675. The van der Waals surface area contributed by atoms with Crippen molar-refractivity contribution in [1.29, 1.82) is 0 Å². The molecule has 0 radical (unpaired) electrons. The Hall–Kier alpha value is -0.700. The fraction of sp³-hybridized carbons (Fsp3) is 0.909. The zero-order valence-corrected chi connectivity index (χ0v) is 12.3. The van der Waals surface area contributed by atoms with Crippen molar-refractivity contribution in [3.63, 3.8) is 0 Å². The molecule has 0 aromatic heterocycles. The maximum absolute atomic E-state index is 12.1. The third kappa shape index (κ3) is 4.72. The molecule has 2 unspecified atom stereocenters. The van der Waals surface area contributed by atoms with E-state index in [1.165, 1.54) is 4.31 Å². The Kier molecular flexibility index (Phi) is 6.18. The van der Waals surface area contributed by atoms with E-state index in [2.05, 4.69) is 4.72 Å². The zero-order valence-electron chi connectivity index (χ0n) is 11.5. The van der Waals surface area contributed by atoms with Crippen LogP contribution in [0.5, 0.6) is 0 Å². The number of hydrogen-bond acceptors (Lipinski definition) is 5. The predicted molar refractivity (Wildman–Crippen MR) is 71.5 cm³/mol. The van der Waals surface area contributed by atoms with Gasteiger partial charge in [0, 0.05) is 19.1 Å². The molecule has 1 aliphatic rings. The molecule has 1 aliphatic heterocycles. The van der Waals surface area contributed by atoms with E-state index in [-0.39, 0.29) is 19.2 Å².